The fourth-order valence-electron chi connectivity index (χ4n) is 4.62. The number of likely N-dealkylation sites (tertiary alicyclic amines) is 1. The lowest BCUT2D eigenvalue weighted by Gasteiger charge is -2.40. The van der Waals surface area contributed by atoms with Crippen molar-refractivity contribution in [1.29, 1.82) is 0 Å². The molecule has 7 nitrogen and oxygen atoms in total. The van der Waals surface area contributed by atoms with Gasteiger partial charge in [-0.15, -0.1) is 0 Å². The molecule has 1 aliphatic heterocycles. The number of aliphatic hydroxyl groups excluding tert-OH is 1. The monoisotopic (exact) mass is 433 g/mol. The van der Waals surface area contributed by atoms with Crippen molar-refractivity contribution in [3.63, 3.8) is 0 Å². The maximum atomic E-state index is 12.2. The van der Waals surface area contributed by atoms with Crippen LogP contribution in [0, 0.1) is 0 Å². The van der Waals surface area contributed by atoms with Crippen LogP contribution in [0.3, 0.4) is 0 Å². The number of rotatable bonds is 7. The molecule has 2 aromatic heterocycles. The van der Waals surface area contributed by atoms with E-state index in [1.54, 1.807) is 30.7 Å². The van der Waals surface area contributed by atoms with Gasteiger partial charge in [0.25, 0.3) is 5.91 Å². The molecule has 3 aromatic rings. The number of piperidine rings is 1. The number of amides is 1. The van der Waals surface area contributed by atoms with Gasteiger partial charge in [-0.25, -0.2) is 5.43 Å². The van der Waals surface area contributed by atoms with Crippen LogP contribution in [-0.2, 0) is 6.54 Å². The predicted octanol–water partition coefficient (Wildman–Crippen LogP) is 3.42. The number of aromatic nitrogens is 2. The molecule has 0 spiro atoms. The zero-order chi connectivity index (χ0) is 22.5. The SMILES string of the molecule is CC1CCCC(C)N1CC(O)Cn1cc(C=NNC(=O)c2ccncc2)c2ccccc21. The number of hydrogen-bond acceptors (Lipinski definition) is 5. The van der Waals surface area contributed by atoms with Crippen LogP contribution in [0.25, 0.3) is 10.9 Å². The lowest BCUT2D eigenvalue weighted by Crippen LogP contribution is -2.47. The lowest BCUT2D eigenvalue weighted by molar-refractivity contribution is 0.0352. The molecule has 0 bridgehead atoms. The zero-order valence-electron chi connectivity index (χ0n) is 18.7. The summed E-state index contributed by atoms with van der Waals surface area (Å²) in [6.07, 6.45) is 9.96. The van der Waals surface area contributed by atoms with E-state index in [0.717, 1.165) is 16.5 Å². The third-order valence-corrected chi connectivity index (χ3v) is 6.34. The third kappa shape index (κ3) is 5.06. The summed E-state index contributed by atoms with van der Waals surface area (Å²) in [6, 6.07) is 12.3. The summed E-state index contributed by atoms with van der Waals surface area (Å²) in [6.45, 7) is 5.68. The largest absolute Gasteiger partial charge is 0.390 e. The van der Waals surface area contributed by atoms with Gasteiger partial charge in [-0.05, 0) is 44.9 Å². The zero-order valence-corrected chi connectivity index (χ0v) is 18.7. The number of nitrogens with zero attached hydrogens (tertiary/aromatic N) is 4. The van der Waals surface area contributed by atoms with E-state index < -0.39 is 6.10 Å². The molecule has 4 rings (SSSR count). The van der Waals surface area contributed by atoms with E-state index >= 15 is 0 Å². The van der Waals surface area contributed by atoms with E-state index in [9.17, 15) is 9.90 Å². The van der Waals surface area contributed by atoms with Crippen molar-refractivity contribution in [1.82, 2.24) is 19.9 Å². The highest BCUT2D eigenvalue weighted by Crippen LogP contribution is 2.24. The number of β-amino-alcohol motifs (C(OH)–C–C–N with tert-alkyl or cyclic N) is 1. The molecule has 0 aliphatic carbocycles. The Morgan fingerprint density at radius 2 is 1.91 bits per heavy atom. The van der Waals surface area contributed by atoms with Gasteiger partial charge in [-0.3, -0.25) is 14.7 Å². The lowest BCUT2D eigenvalue weighted by atomic mass is 9.97. The molecule has 32 heavy (non-hydrogen) atoms. The average Bonchev–Trinajstić information content (AvgIpc) is 3.14. The Morgan fingerprint density at radius 1 is 1.19 bits per heavy atom. The number of carbonyl (C=O) groups excluding carboxylic acids is 1. The summed E-state index contributed by atoms with van der Waals surface area (Å²) in [5.41, 5.74) is 4.99. The number of pyridine rings is 1. The van der Waals surface area contributed by atoms with Gasteiger partial charge in [0.05, 0.1) is 12.3 Å². The van der Waals surface area contributed by atoms with Gasteiger partial charge in [-0.1, -0.05) is 24.6 Å². The number of aliphatic hydroxyl groups is 1. The van der Waals surface area contributed by atoms with E-state index in [4.69, 9.17) is 0 Å². The van der Waals surface area contributed by atoms with Crippen molar-refractivity contribution in [2.75, 3.05) is 6.54 Å². The second-order valence-electron chi connectivity index (χ2n) is 8.67. The first-order valence-corrected chi connectivity index (χ1v) is 11.3. The molecule has 1 amide bonds. The maximum absolute atomic E-state index is 12.2. The van der Waals surface area contributed by atoms with Gasteiger partial charge in [0.1, 0.15) is 0 Å². The van der Waals surface area contributed by atoms with Gasteiger partial charge in [0, 0.05) is 65.8 Å². The quantitative estimate of drug-likeness (QED) is 0.442. The van der Waals surface area contributed by atoms with E-state index in [-0.39, 0.29) is 5.91 Å². The number of benzene rings is 1. The van der Waals surface area contributed by atoms with Crippen molar-refractivity contribution in [2.24, 2.45) is 5.10 Å². The minimum Gasteiger partial charge on any atom is -0.390 e. The molecule has 0 radical (unpaired) electrons. The molecular weight excluding hydrogens is 402 g/mol. The summed E-state index contributed by atoms with van der Waals surface area (Å²) in [7, 11) is 0. The molecule has 3 heterocycles. The first-order chi connectivity index (χ1) is 15.5. The van der Waals surface area contributed by atoms with Crippen LogP contribution in [-0.4, -0.2) is 56.4 Å². The van der Waals surface area contributed by atoms with Gasteiger partial charge < -0.3 is 9.67 Å². The second-order valence-corrected chi connectivity index (χ2v) is 8.67. The first kappa shape index (κ1) is 22.2. The maximum Gasteiger partial charge on any atom is 0.271 e. The minimum atomic E-state index is -0.468. The smallest absolute Gasteiger partial charge is 0.271 e. The summed E-state index contributed by atoms with van der Waals surface area (Å²) in [5.74, 6) is -0.285. The van der Waals surface area contributed by atoms with Crippen molar-refractivity contribution in [2.45, 2.75) is 57.8 Å². The van der Waals surface area contributed by atoms with Crippen molar-refractivity contribution >= 4 is 23.0 Å². The van der Waals surface area contributed by atoms with Crippen LogP contribution in [0.1, 0.15) is 49.0 Å². The van der Waals surface area contributed by atoms with Crippen LogP contribution in [0.2, 0.25) is 0 Å². The normalized spacial score (nSPS) is 20.6. The molecule has 168 valence electrons. The summed E-state index contributed by atoms with van der Waals surface area (Å²) in [4.78, 5) is 18.5. The van der Waals surface area contributed by atoms with Gasteiger partial charge >= 0.3 is 0 Å². The molecule has 1 aliphatic rings. The molecule has 7 heteroatoms. The molecule has 3 unspecified atom stereocenters. The van der Waals surface area contributed by atoms with Crippen molar-refractivity contribution in [3.8, 4) is 0 Å². The minimum absolute atomic E-state index is 0.285. The number of fused-ring (bicyclic) bond motifs is 1. The van der Waals surface area contributed by atoms with E-state index in [0.29, 0.717) is 30.7 Å². The number of hydrogen-bond donors (Lipinski definition) is 2. The summed E-state index contributed by atoms with van der Waals surface area (Å²) in [5, 5.41) is 16.0. The van der Waals surface area contributed by atoms with Crippen LogP contribution in [0.4, 0.5) is 0 Å². The number of hydrazone groups is 1. The molecule has 1 aromatic carbocycles. The average molecular weight is 434 g/mol. The second kappa shape index (κ2) is 10.1. The molecule has 1 saturated heterocycles. The van der Waals surface area contributed by atoms with Crippen LogP contribution in [0.5, 0.6) is 0 Å². The van der Waals surface area contributed by atoms with Crippen LogP contribution < -0.4 is 5.43 Å². The van der Waals surface area contributed by atoms with Crippen molar-refractivity contribution < 1.29 is 9.90 Å². The first-order valence-electron chi connectivity index (χ1n) is 11.3. The Bertz CT molecular complexity index is 1070. The van der Waals surface area contributed by atoms with E-state index in [1.807, 2.05) is 30.5 Å². The van der Waals surface area contributed by atoms with E-state index in [1.165, 1.54) is 19.3 Å². The Balaban J connectivity index is 1.47. The Labute approximate surface area is 188 Å². The third-order valence-electron chi connectivity index (χ3n) is 6.34. The number of nitrogens with one attached hydrogen (secondary N) is 1. The molecule has 3 atom stereocenters. The Hall–Kier alpha value is -3.03. The fraction of sp³-hybridized carbons (Fsp3) is 0.400. The highest BCUT2D eigenvalue weighted by molar-refractivity contribution is 6.00. The summed E-state index contributed by atoms with van der Waals surface area (Å²) >= 11 is 0. The Morgan fingerprint density at radius 3 is 2.66 bits per heavy atom. The highest BCUT2D eigenvalue weighted by Gasteiger charge is 2.26. The molecule has 0 saturated carbocycles. The molecular formula is C25H31N5O2. The van der Waals surface area contributed by atoms with Gasteiger partial charge in [0.15, 0.2) is 0 Å². The molecule has 1 fully saturated rings. The summed E-state index contributed by atoms with van der Waals surface area (Å²) < 4.78 is 2.07. The number of para-hydroxylation sites is 1. The van der Waals surface area contributed by atoms with Crippen LogP contribution >= 0.6 is 0 Å². The van der Waals surface area contributed by atoms with E-state index in [2.05, 4.69) is 38.8 Å². The highest BCUT2D eigenvalue weighted by atomic mass is 16.3. The number of carbonyl (C=O) groups is 1. The predicted molar refractivity (Wildman–Crippen MR) is 127 cm³/mol. The van der Waals surface area contributed by atoms with Gasteiger partial charge in [0.2, 0.25) is 0 Å². The Kier molecular flexibility index (Phi) is 6.97. The van der Waals surface area contributed by atoms with Gasteiger partial charge in [-0.2, -0.15) is 5.10 Å². The fourth-order valence-corrected chi connectivity index (χ4v) is 4.62. The van der Waals surface area contributed by atoms with Crippen molar-refractivity contribution in [3.05, 3.63) is 66.1 Å². The van der Waals surface area contributed by atoms with Crippen LogP contribution in [0.15, 0.2) is 60.1 Å². The standard InChI is InChI=1S/C25H31N5O2/c1-18-6-5-7-19(2)30(18)17-22(31)16-29-15-21(23-8-3-4-9-24(23)29)14-27-28-25(32)20-10-12-26-13-11-20/h3-4,8-15,18-19,22,31H,5-7,16-17H2,1-2H3,(H,28,32). The molecule has 2 N–H and O–H groups in total. The topological polar surface area (TPSA) is 82.8 Å².